The molecular formula is C24H16F5N3O4. The van der Waals surface area contributed by atoms with Crippen molar-refractivity contribution in [3.05, 3.63) is 97.7 Å². The van der Waals surface area contributed by atoms with Gasteiger partial charge in [-0.05, 0) is 29.7 Å². The van der Waals surface area contributed by atoms with E-state index in [1.165, 1.54) is 4.90 Å². The number of rotatable bonds is 3. The third kappa shape index (κ3) is 3.69. The van der Waals surface area contributed by atoms with Gasteiger partial charge in [0.25, 0.3) is 11.8 Å². The number of nitrogens with zero attached hydrogens (tertiary/aromatic N) is 2. The molecule has 2 aromatic carbocycles. The van der Waals surface area contributed by atoms with E-state index >= 15 is 0 Å². The highest BCUT2D eigenvalue weighted by Gasteiger charge is 2.39. The van der Waals surface area contributed by atoms with Crippen LogP contribution in [0.1, 0.15) is 43.6 Å². The van der Waals surface area contributed by atoms with E-state index in [1.54, 1.807) is 0 Å². The average molecular weight is 505 g/mol. The molecule has 2 N–H and O–H groups in total. The number of amides is 2. The summed E-state index contributed by atoms with van der Waals surface area (Å²) in [5.74, 6) is -8.76. The summed E-state index contributed by atoms with van der Waals surface area (Å²) in [6.07, 6.45) is 1.18. The third-order valence-electron chi connectivity index (χ3n) is 6.40. The normalized spacial score (nSPS) is 16.3. The summed E-state index contributed by atoms with van der Waals surface area (Å²) < 4.78 is 70.1. The van der Waals surface area contributed by atoms with Gasteiger partial charge in [0.15, 0.2) is 23.1 Å². The number of carbonyl (C=O) groups is 2. The number of benzene rings is 2. The minimum Gasteiger partial charge on any atom is -0.503 e. The van der Waals surface area contributed by atoms with Crippen molar-refractivity contribution in [2.45, 2.75) is 19.0 Å². The van der Waals surface area contributed by atoms with Crippen molar-refractivity contribution >= 4 is 11.8 Å². The van der Waals surface area contributed by atoms with Gasteiger partial charge in [0.2, 0.25) is 5.43 Å². The average Bonchev–Trinajstić information content (AvgIpc) is 2.97. The third-order valence-corrected chi connectivity index (χ3v) is 6.40. The summed E-state index contributed by atoms with van der Waals surface area (Å²) >= 11 is 0. The molecule has 1 aromatic heterocycles. The van der Waals surface area contributed by atoms with Crippen LogP contribution in [0.25, 0.3) is 0 Å². The first-order valence-corrected chi connectivity index (χ1v) is 10.7. The number of pyridine rings is 1. The van der Waals surface area contributed by atoms with Crippen LogP contribution in [0, 0.1) is 29.1 Å². The van der Waals surface area contributed by atoms with Crippen LogP contribution >= 0.6 is 0 Å². The minimum atomic E-state index is -1.26. The predicted molar refractivity (Wildman–Crippen MR) is 114 cm³/mol. The molecule has 3 heterocycles. The van der Waals surface area contributed by atoms with Crippen LogP contribution in [0.5, 0.6) is 5.75 Å². The molecule has 12 heteroatoms. The van der Waals surface area contributed by atoms with Crippen molar-refractivity contribution in [2.75, 3.05) is 13.1 Å². The molecule has 0 saturated carbocycles. The summed E-state index contributed by atoms with van der Waals surface area (Å²) in [6, 6.07) is 1.96. The number of fused-ring (bicyclic) bond motifs is 6. The van der Waals surface area contributed by atoms with Crippen molar-refractivity contribution in [3.8, 4) is 5.75 Å². The summed E-state index contributed by atoms with van der Waals surface area (Å²) in [7, 11) is 0. The van der Waals surface area contributed by atoms with Crippen LogP contribution < -0.4 is 10.7 Å². The topological polar surface area (TPSA) is 91.6 Å². The lowest BCUT2D eigenvalue weighted by molar-refractivity contribution is 0.0686. The first-order chi connectivity index (χ1) is 17.1. The van der Waals surface area contributed by atoms with Crippen molar-refractivity contribution in [2.24, 2.45) is 0 Å². The molecule has 0 aliphatic carbocycles. The Bertz CT molecular complexity index is 1500. The fraction of sp³-hybridized carbons (Fsp3) is 0.208. The fourth-order valence-corrected chi connectivity index (χ4v) is 4.60. The molecule has 3 aromatic rings. The van der Waals surface area contributed by atoms with E-state index in [4.69, 9.17) is 0 Å². The highest BCUT2D eigenvalue weighted by atomic mass is 19.2. The van der Waals surface area contributed by atoms with Crippen LogP contribution in [-0.4, -0.2) is 39.5 Å². The minimum absolute atomic E-state index is 0.000717. The molecule has 0 saturated heterocycles. The van der Waals surface area contributed by atoms with Crippen molar-refractivity contribution in [1.82, 2.24) is 14.8 Å². The molecule has 0 fully saturated rings. The lowest BCUT2D eigenvalue weighted by Crippen LogP contribution is -2.45. The Morgan fingerprint density at radius 2 is 1.67 bits per heavy atom. The second-order valence-corrected chi connectivity index (χ2v) is 8.49. The number of hydrogen-bond donors (Lipinski definition) is 2. The molecule has 7 nitrogen and oxygen atoms in total. The lowest BCUT2D eigenvalue weighted by Gasteiger charge is -2.35. The molecule has 2 aliphatic rings. The standard InChI is InChI=1S/C24H16F5N3O4/c25-11-4-15(26)13(16(27)5-11)7-30-23(35)14-8-32-19-9-31(24(36)20(32)22(34)21(14)33)2-1-10-3-17(28)18(29)6-12(10)19/h3-6,8,19,34H,1-2,7,9H2,(H,30,35)/t19-/m1/s1. The Labute approximate surface area is 199 Å². The van der Waals surface area contributed by atoms with Gasteiger partial charge in [-0.3, -0.25) is 14.4 Å². The number of carbonyl (C=O) groups excluding carboxylic acids is 2. The quantitative estimate of drug-likeness (QED) is 0.536. The highest BCUT2D eigenvalue weighted by molar-refractivity contribution is 5.99. The fourth-order valence-electron chi connectivity index (χ4n) is 4.60. The summed E-state index contributed by atoms with van der Waals surface area (Å²) in [6.45, 7) is -0.625. The Balaban J connectivity index is 1.57. The van der Waals surface area contributed by atoms with Gasteiger partial charge >= 0.3 is 0 Å². The smallest absolute Gasteiger partial charge is 0.274 e. The van der Waals surface area contributed by atoms with Gasteiger partial charge < -0.3 is 19.9 Å². The monoisotopic (exact) mass is 505 g/mol. The maximum absolute atomic E-state index is 14.1. The molecular weight excluding hydrogens is 489 g/mol. The van der Waals surface area contributed by atoms with Crippen LogP contribution in [0.15, 0.2) is 35.3 Å². The second kappa shape index (κ2) is 8.47. The predicted octanol–water partition coefficient (Wildman–Crippen LogP) is 2.78. The van der Waals surface area contributed by atoms with Crippen LogP contribution in [0.4, 0.5) is 22.0 Å². The van der Waals surface area contributed by atoms with Crippen LogP contribution in [-0.2, 0) is 13.0 Å². The zero-order valence-corrected chi connectivity index (χ0v) is 18.2. The summed E-state index contributed by atoms with van der Waals surface area (Å²) in [5.41, 5.74) is -2.25. The van der Waals surface area contributed by atoms with Gasteiger partial charge in [-0.2, -0.15) is 0 Å². The number of hydrogen-bond acceptors (Lipinski definition) is 4. The van der Waals surface area contributed by atoms with E-state index in [9.17, 15) is 41.4 Å². The van der Waals surface area contributed by atoms with Gasteiger partial charge in [-0.1, -0.05) is 0 Å². The van der Waals surface area contributed by atoms with Crippen LogP contribution in [0.3, 0.4) is 0 Å². The molecule has 0 spiro atoms. The molecule has 0 unspecified atom stereocenters. The Morgan fingerprint density at radius 1 is 1.00 bits per heavy atom. The first-order valence-electron chi connectivity index (χ1n) is 10.7. The lowest BCUT2D eigenvalue weighted by atomic mass is 9.97. The van der Waals surface area contributed by atoms with Gasteiger partial charge in [0.1, 0.15) is 23.0 Å². The number of aromatic hydroxyl groups is 1. The summed E-state index contributed by atoms with van der Waals surface area (Å²) in [4.78, 5) is 39.8. The molecule has 2 aliphatic heterocycles. The molecule has 2 amide bonds. The molecule has 36 heavy (non-hydrogen) atoms. The van der Waals surface area contributed by atoms with E-state index in [0.29, 0.717) is 23.3 Å². The van der Waals surface area contributed by atoms with Crippen molar-refractivity contribution in [3.63, 3.8) is 0 Å². The van der Waals surface area contributed by atoms with Gasteiger partial charge in [0.05, 0.1) is 6.04 Å². The van der Waals surface area contributed by atoms with Gasteiger partial charge in [-0.25, -0.2) is 22.0 Å². The van der Waals surface area contributed by atoms with Crippen molar-refractivity contribution < 1.29 is 36.6 Å². The zero-order chi connectivity index (χ0) is 25.9. The van der Waals surface area contributed by atoms with Gasteiger partial charge in [-0.15, -0.1) is 0 Å². The van der Waals surface area contributed by atoms with E-state index in [0.717, 1.165) is 22.9 Å². The van der Waals surface area contributed by atoms with E-state index in [2.05, 4.69) is 5.32 Å². The number of halogens is 5. The maximum Gasteiger partial charge on any atom is 0.274 e. The Hall–Kier alpha value is -4.22. The molecule has 1 atom stereocenters. The summed E-state index contributed by atoms with van der Waals surface area (Å²) in [5, 5.41) is 12.7. The molecule has 0 radical (unpaired) electrons. The second-order valence-electron chi connectivity index (χ2n) is 8.49. The van der Waals surface area contributed by atoms with Gasteiger partial charge in [0, 0.05) is 43.5 Å². The Morgan fingerprint density at radius 3 is 2.36 bits per heavy atom. The maximum atomic E-state index is 14.1. The molecule has 2 bridgehead atoms. The Kier molecular flexibility index (Phi) is 5.53. The highest BCUT2D eigenvalue weighted by Crippen LogP contribution is 2.35. The van der Waals surface area contributed by atoms with E-state index < -0.39 is 81.5 Å². The number of nitrogens with one attached hydrogen (secondary N) is 1. The zero-order valence-electron chi connectivity index (χ0n) is 18.2. The number of aromatic nitrogens is 1. The largest absolute Gasteiger partial charge is 0.503 e. The van der Waals surface area contributed by atoms with E-state index in [-0.39, 0.29) is 19.5 Å². The van der Waals surface area contributed by atoms with Crippen LogP contribution in [0.2, 0.25) is 0 Å². The van der Waals surface area contributed by atoms with E-state index in [1.807, 2.05) is 0 Å². The van der Waals surface area contributed by atoms with Crippen molar-refractivity contribution in [1.29, 1.82) is 0 Å². The SMILES string of the molecule is O=C(NCc1c(F)cc(F)cc1F)c1cn2c(c(O)c1=O)C(=O)N1CCc3cc(F)c(F)cc3[C@H]2C1. The first kappa shape index (κ1) is 23.5. The molecule has 186 valence electrons. The molecule has 5 rings (SSSR count).